The third-order valence-corrected chi connectivity index (χ3v) is 3.68. The number of aliphatic imine (C=N–C) groups is 2. The molecule has 2 N–H and O–H groups in total. The van der Waals surface area contributed by atoms with Crippen LogP contribution in [0.1, 0.15) is 39.0 Å². The molecule has 0 aromatic carbocycles. The van der Waals surface area contributed by atoms with Crippen LogP contribution in [0.3, 0.4) is 0 Å². The van der Waals surface area contributed by atoms with Gasteiger partial charge in [-0.1, -0.05) is 0 Å². The highest BCUT2D eigenvalue weighted by Gasteiger charge is 2.30. The Morgan fingerprint density at radius 1 is 1.47 bits per heavy atom. The molecule has 2 aliphatic rings. The molecular weight excluding hydrogens is 212 g/mol. The normalized spacial score (nSPS) is 25.8. The fourth-order valence-corrected chi connectivity index (χ4v) is 2.87. The molecule has 0 radical (unpaired) electrons. The second kappa shape index (κ2) is 5.34. The van der Waals surface area contributed by atoms with Crippen LogP contribution in [0.15, 0.2) is 21.4 Å². The highest BCUT2D eigenvalue weighted by Crippen LogP contribution is 2.33. The summed E-state index contributed by atoms with van der Waals surface area (Å²) in [5.41, 5.74) is 7.12. The van der Waals surface area contributed by atoms with Crippen LogP contribution >= 0.6 is 0 Å². The maximum atomic E-state index is 6.02. The van der Waals surface area contributed by atoms with Gasteiger partial charge in [-0.25, -0.2) is 4.99 Å². The van der Waals surface area contributed by atoms with Crippen molar-refractivity contribution in [2.24, 2.45) is 15.7 Å². The van der Waals surface area contributed by atoms with Crippen LogP contribution in [-0.4, -0.2) is 36.6 Å². The summed E-state index contributed by atoms with van der Waals surface area (Å²) in [7, 11) is 0. The number of hydrogen-bond donors (Lipinski definition) is 1. The topological polar surface area (TPSA) is 54.0 Å². The molecule has 17 heavy (non-hydrogen) atoms. The lowest BCUT2D eigenvalue weighted by molar-refractivity contribution is 0.170. The molecule has 2 rings (SSSR count). The van der Waals surface area contributed by atoms with E-state index in [0.29, 0.717) is 11.9 Å². The molecule has 4 nitrogen and oxygen atoms in total. The van der Waals surface area contributed by atoms with Gasteiger partial charge in [0.2, 0.25) is 0 Å². The molecule has 0 spiro atoms. The minimum absolute atomic E-state index is 0.641. The van der Waals surface area contributed by atoms with Crippen molar-refractivity contribution in [3.8, 4) is 0 Å². The van der Waals surface area contributed by atoms with E-state index < -0.39 is 0 Å². The first-order chi connectivity index (χ1) is 8.27. The number of nitrogens with two attached hydrogens (primary N) is 1. The van der Waals surface area contributed by atoms with Gasteiger partial charge in [-0.2, -0.15) is 0 Å². The smallest absolute Gasteiger partial charge is 0.134 e. The Hall–Kier alpha value is -1.32. The van der Waals surface area contributed by atoms with Crippen LogP contribution in [0.2, 0.25) is 0 Å². The molecule has 94 valence electrons. The molecule has 4 heteroatoms. The number of piperidine rings is 1. The van der Waals surface area contributed by atoms with E-state index in [1.807, 2.05) is 6.92 Å². The largest absolute Gasteiger partial charge is 0.384 e. The SMILES string of the molecule is C=NC1=C(C(N)=NCC)CCC2CCCCN12. The molecule has 1 atom stereocenters. The summed E-state index contributed by atoms with van der Waals surface area (Å²) in [4.78, 5) is 10.9. The van der Waals surface area contributed by atoms with Crippen LogP contribution in [0.5, 0.6) is 0 Å². The molecular formula is C13H22N4. The Kier molecular flexibility index (Phi) is 3.82. The molecule has 0 aliphatic carbocycles. The van der Waals surface area contributed by atoms with Crippen molar-refractivity contribution in [3.63, 3.8) is 0 Å². The monoisotopic (exact) mass is 234 g/mol. The van der Waals surface area contributed by atoms with Gasteiger partial charge < -0.3 is 10.6 Å². The zero-order valence-corrected chi connectivity index (χ0v) is 10.7. The van der Waals surface area contributed by atoms with Gasteiger partial charge in [-0.3, -0.25) is 4.99 Å². The summed E-state index contributed by atoms with van der Waals surface area (Å²) < 4.78 is 0. The Morgan fingerprint density at radius 3 is 3.00 bits per heavy atom. The summed E-state index contributed by atoms with van der Waals surface area (Å²) in [5, 5.41) is 0. The van der Waals surface area contributed by atoms with Gasteiger partial charge in [0.1, 0.15) is 11.7 Å². The van der Waals surface area contributed by atoms with Crippen molar-refractivity contribution < 1.29 is 0 Å². The van der Waals surface area contributed by atoms with Crippen molar-refractivity contribution in [2.45, 2.75) is 45.1 Å². The Labute approximate surface area is 103 Å². The molecule has 0 aromatic heterocycles. The maximum absolute atomic E-state index is 6.02. The molecule has 1 fully saturated rings. The Bertz CT molecular complexity index is 356. The molecule has 2 aliphatic heterocycles. The molecule has 0 amide bonds. The third kappa shape index (κ3) is 2.35. The second-order valence-corrected chi connectivity index (χ2v) is 4.70. The minimum Gasteiger partial charge on any atom is -0.384 e. The first-order valence-corrected chi connectivity index (χ1v) is 6.54. The van der Waals surface area contributed by atoms with Crippen LogP contribution in [0.4, 0.5) is 0 Å². The van der Waals surface area contributed by atoms with Gasteiger partial charge in [0.05, 0.1) is 0 Å². The minimum atomic E-state index is 0.641. The molecule has 1 saturated heterocycles. The number of fused-ring (bicyclic) bond motifs is 1. The number of hydrogen-bond acceptors (Lipinski definition) is 3. The standard InChI is InChI=1S/C13H22N4/c1-3-16-12(14)11-8-7-10-6-4-5-9-17(10)13(11)15-2/h10H,2-9H2,1H3,(H2,14,16). The van der Waals surface area contributed by atoms with Crippen LogP contribution in [-0.2, 0) is 0 Å². The van der Waals surface area contributed by atoms with Crippen molar-refractivity contribution in [3.05, 3.63) is 11.4 Å². The lowest BCUT2D eigenvalue weighted by atomic mass is 9.91. The fraction of sp³-hybridized carbons (Fsp3) is 0.692. The lowest BCUT2D eigenvalue weighted by Crippen LogP contribution is -2.42. The van der Waals surface area contributed by atoms with Gasteiger partial charge in [0, 0.05) is 24.7 Å². The third-order valence-electron chi connectivity index (χ3n) is 3.68. The predicted molar refractivity (Wildman–Crippen MR) is 72.3 cm³/mol. The highest BCUT2D eigenvalue weighted by atomic mass is 15.3. The van der Waals surface area contributed by atoms with Crippen molar-refractivity contribution in [1.29, 1.82) is 0 Å². The fourth-order valence-electron chi connectivity index (χ4n) is 2.87. The van der Waals surface area contributed by atoms with E-state index in [0.717, 1.165) is 30.9 Å². The van der Waals surface area contributed by atoms with Crippen LogP contribution < -0.4 is 5.73 Å². The lowest BCUT2D eigenvalue weighted by Gasteiger charge is -2.41. The van der Waals surface area contributed by atoms with E-state index in [2.05, 4.69) is 21.6 Å². The van der Waals surface area contributed by atoms with Crippen molar-refractivity contribution in [1.82, 2.24) is 4.90 Å². The van der Waals surface area contributed by atoms with E-state index >= 15 is 0 Å². The average Bonchev–Trinajstić information content (AvgIpc) is 2.37. The first kappa shape index (κ1) is 12.1. The van der Waals surface area contributed by atoms with Crippen molar-refractivity contribution in [2.75, 3.05) is 13.1 Å². The molecule has 1 unspecified atom stereocenters. The van der Waals surface area contributed by atoms with Crippen LogP contribution in [0, 0.1) is 0 Å². The van der Waals surface area contributed by atoms with Gasteiger partial charge in [0.25, 0.3) is 0 Å². The number of amidine groups is 1. The Morgan fingerprint density at radius 2 is 2.29 bits per heavy atom. The van der Waals surface area contributed by atoms with E-state index in [-0.39, 0.29) is 0 Å². The first-order valence-electron chi connectivity index (χ1n) is 6.54. The van der Waals surface area contributed by atoms with E-state index in [1.54, 1.807) is 0 Å². The van der Waals surface area contributed by atoms with Gasteiger partial charge in [-0.15, -0.1) is 0 Å². The van der Waals surface area contributed by atoms with E-state index in [1.165, 1.54) is 25.7 Å². The van der Waals surface area contributed by atoms with Gasteiger partial charge in [0.15, 0.2) is 0 Å². The maximum Gasteiger partial charge on any atom is 0.134 e. The summed E-state index contributed by atoms with van der Waals surface area (Å²) in [6, 6.07) is 0.641. The number of nitrogens with zero attached hydrogens (tertiary/aromatic N) is 3. The average molecular weight is 234 g/mol. The summed E-state index contributed by atoms with van der Waals surface area (Å²) in [6.07, 6.45) is 6.02. The van der Waals surface area contributed by atoms with E-state index in [4.69, 9.17) is 5.73 Å². The number of rotatable bonds is 3. The molecule has 2 heterocycles. The second-order valence-electron chi connectivity index (χ2n) is 4.70. The summed E-state index contributed by atoms with van der Waals surface area (Å²) in [6.45, 7) is 7.52. The zero-order chi connectivity index (χ0) is 12.3. The summed E-state index contributed by atoms with van der Waals surface area (Å²) in [5.74, 6) is 1.63. The van der Waals surface area contributed by atoms with Gasteiger partial charge in [-0.05, 0) is 45.7 Å². The molecule has 0 bridgehead atoms. The quantitative estimate of drug-likeness (QED) is 0.599. The van der Waals surface area contributed by atoms with Crippen molar-refractivity contribution >= 4 is 12.6 Å². The Balaban J connectivity index is 2.31. The van der Waals surface area contributed by atoms with Crippen LogP contribution in [0.25, 0.3) is 0 Å². The van der Waals surface area contributed by atoms with E-state index in [9.17, 15) is 0 Å². The summed E-state index contributed by atoms with van der Waals surface area (Å²) >= 11 is 0. The molecule has 0 saturated carbocycles. The predicted octanol–water partition coefficient (Wildman–Crippen LogP) is 1.92. The highest BCUT2D eigenvalue weighted by molar-refractivity contribution is 5.97. The molecule has 0 aromatic rings. The zero-order valence-electron chi connectivity index (χ0n) is 10.7. The van der Waals surface area contributed by atoms with Gasteiger partial charge >= 0.3 is 0 Å².